The first kappa shape index (κ1) is 18.0. The Morgan fingerprint density at radius 1 is 1.11 bits per heavy atom. The number of piperazine rings is 1. The van der Waals surface area contributed by atoms with Crippen molar-refractivity contribution in [2.24, 2.45) is 5.73 Å². The molecule has 7 heteroatoms. The summed E-state index contributed by atoms with van der Waals surface area (Å²) in [5.41, 5.74) is 5.57. The summed E-state index contributed by atoms with van der Waals surface area (Å²) in [6, 6.07) is -0.400. The van der Waals surface area contributed by atoms with Crippen LogP contribution in [0.1, 0.15) is 20.8 Å². The van der Waals surface area contributed by atoms with Crippen molar-refractivity contribution in [1.29, 1.82) is 0 Å². The van der Waals surface area contributed by atoms with E-state index in [0.717, 1.165) is 0 Å². The zero-order valence-corrected chi connectivity index (χ0v) is 12.8. The molecule has 112 valence electrons. The van der Waals surface area contributed by atoms with Gasteiger partial charge in [0.2, 0.25) is 5.91 Å². The summed E-state index contributed by atoms with van der Waals surface area (Å²) in [6.45, 7) is 9.40. The zero-order valence-electron chi connectivity index (χ0n) is 12.0. The second kappa shape index (κ2) is 8.22. The molecular formula is C12H25ClN4O2. The molecule has 0 bridgehead atoms. The van der Waals surface area contributed by atoms with Gasteiger partial charge in [-0.15, -0.1) is 12.4 Å². The van der Waals surface area contributed by atoms with Crippen LogP contribution in [0.4, 0.5) is 4.79 Å². The molecule has 1 heterocycles. The average Bonchev–Trinajstić information content (AvgIpc) is 2.39. The number of nitrogens with zero attached hydrogens (tertiary/aromatic N) is 3. The fourth-order valence-corrected chi connectivity index (χ4v) is 2.10. The van der Waals surface area contributed by atoms with Gasteiger partial charge in [0, 0.05) is 39.3 Å². The van der Waals surface area contributed by atoms with Gasteiger partial charge in [-0.2, -0.15) is 0 Å². The van der Waals surface area contributed by atoms with Crippen LogP contribution in [0.25, 0.3) is 0 Å². The smallest absolute Gasteiger partial charge is 0.320 e. The molecule has 1 aliphatic rings. The van der Waals surface area contributed by atoms with E-state index in [-0.39, 0.29) is 24.3 Å². The Morgan fingerprint density at radius 2 is 1.53 bits per heavy atom. The van der Waals surface area contributed by atoms with E-state index in [9.17, 15) is 9.59 Å². The van der Waals surface area contributed by atoms with Crippen molar-refractivity contribution in [2.45, 2.75) is 26.8 Å². The first-order valence-corrected chi connectivity index (χ1v) is 6.59. The molecule has 0 aliphatic carbocycles. The zero-order chi connectivity index (χ0) is 13.7. The number of hydrogen-bond donors (Lipinski definition) is 1. The van der Waals surface area contributed by atoms with Gasteiger partial charge in [0.05, 0.1) is 6.04 Å². The van der Waals surface area contributed by atoms with Crippen LogP contribution in [-0.4, -0.2) is 71.9 Å². The number of hydrogen-bond acceptors (Lipinski definition) is 3. The third-order valence-corrected chi connectivity index (χ3v) is 3.29. The Kier molecular flexibility index (Phi) is 7.78. The molecule has 1 fully saturated rings. The van der Waals surface area contributed by atoms with Crippen molar-refractivity contribution in [3.8, 4) is 0 Å². The van der Waals surface area contributed by atoms with Crippen molar-refractivity contribution in [3.05, 3.63) is 0 Å². The van der Waals surface area contributed by atoms with E-state index >= 15 is 0 Å². The van der Waals surface area contributed by atoms with Gasteiger partial charge in [-0.1, -0.05) is 0 Å². The molecule has 2 N–H and O–H groups in total. The largest absolute Gasteiger partial charge is 0.338 e. The fourth-order valence-electron chi connectivity index (χ4n) is 2.10. The second-order valence-electron chi connectivity index (χ2n) is 4.56. The van der Waals surface area contributed by atoms with Crippen LogP contribution in [0.3, 0.4) is 0 Å². The van der Waals surface area contributed by atoms with E-state index in [2.05, 4.69) is 0 Å². The minimum atomic E-state index is -0.463. The van der Waals surface area contributed by atoms with E-state index in [1.807, 2.05) is 13.8 Å². The van der Waals surface area contributed by atoms with Crippen molar-refractivity contribution >= 4 is 24.3 Å². The summed E-state index contributed by atoms with van der Waals surface area (Å²) in [5, 5.41) is 0. The van der Waals surface area contributed by atoms with Crippen LogP contribution in [0, 0.1) is 0 Å². The number of carbonyl (C=O) groups excluding carboxylic acids is 2. The first-order chi connectivity index (χ1) is 8.51. The summed E-state index contributed by atoms with van der Waals surface area (Å²) in [4.78, 5) is 29.1. The predicted octanol–water partition coefficient (Wildman–Crippen LogP) is 0.361. The van der Waals surface area contributed by atoms with E-state index in [4.69, 9.17) is 5.73 Å². The van der Waals surface area contributed by atoms with E-state index in [0.29, 0.717) is 39.3 Å². The quantitative estimate of drug-likeness (QED) is 0.817. The fraction of sp³-hybridized carbons (Fsp3) is 0.833. The highest BCUT2D eigenvalue weighted by Crippen LogP contribution is 2.06. The second-order valence-corrected chi connectivity index (χ2v) is 4.56. The van der Waals surface area contributed by atoms with Gasteiger partial charge >= 0.3 is 6.03 Å². The maximum atomic E-state index is 12.1. The lowest BCUT2D eigenvalue weighted by molar-refractivity contribution is -0.133. The van der Waals surface area contributed by atoms with Crippen molar-refractivity contribution in [1.82, 2.24) is 14.7 Å². The molecular weight excluding hydrogens is 268 g/mol. The highest BCUT2D eigenvalue weighted by atomic mass is 35.5. The number of carbonyl (C=O) groups is 2. The summed E-state index contributed by atoms with van der Waals surface area (Å²) >= 11 is 0. The van der Waals surface area contributed by atoms with Crippen LogP contribution >= 0.6 is 12.4 Å². The van der Waals surface area contributed by atoms with E-state index < -0.39 is 6.04 Å². The van der Waals surface area contributed by atoms with Gasteiger partial charge < -0.3 is 20.4 Å². The van der Waals surface area contributed by atoms with Crippen LogP contribution in [0.5, 0.6) is 0 Å². The molecule has 0 spiro atoms. The Morgan fingerprint density at radius 3 is 1.89 bits per heavy atom. The monoisotopic (exact) mass is 292 g/mol. The summed E-state index contributed by atoms with van der Waals surface area (Å²) < 4.78 is 0. The number of amides is 3. The first-order valence-electron chi connectivity index (χ1n) is 6.59. The molecule has 1 aliphatic heterocycles. The van der Waals surface area contributed by atoms with Gasteiger partial charge in [-0.3, -0.25) is 4.79 Å². The lowest BCUT2D eigenvalue weighted by Gasteiger charge is -2.37. The van der Waals surface area contributed by atoms with Crippen molar-refractivity contribution in [2.75, 3.05) is 39.3 Å². The third kappa shape index (κ3) is 4.54. The minimum Gasteiger partial charge on any atom is -0.338 e. The number of nitrogens with two attached hydrogens (primary N) is 1. The van der Waals surface area contributed by atoms with Crippen LogP contribution in [-0.2, 0) is 4.79 Å². The van der Waals surface area contributed by atoms with Crippen LogP contribution in [0.2, 0.25) is 0 Å². The molecule has 6 nitrogen and oxygen atoms in total. The normalized spacial score (nSPS) is 16.6. The van der Waals surface area contributed by atoms with Gasteiger partial charge in [0.15, 0.2) is 0 Å². The molecule has 1 saturated heterocycles. The molecule has 3 amide bonds. The molecule has 0 aromatic carbocycles. The van der Waals surface area contributed by atoms with Gasteiger partial charge in [-0.05, 0) is 20.8 Å². The number of halogens is 1. The minimum absolute atomic E-state index is 0. The van der Waals surface area contributed by atoms with Gasteiger partial charge in [0.1, 0.15) is 0 Å². The topological polar surface area (TPSA) is 69.9 Å². The SMILES string of the molecule is CCN(CC)C(=O)N1CCN(C(=O)[C@H](C)N)CC1.Cl. The van der Waals surface area contributed by atoms with Crippen molar-refractivity contribution in [3.63, 3.8) is 0 Å². The Balaban J connectivity index is 0.00000324. The number of urea groups is 1. The lowest BCUT2D eigenvalue weighted by Crippen LogP contribution is -2.56. The molecule has 1 rings (SSSR count). The molecule has 0 aromatic heterocycles. The lowest BCUT2D eigenvalue weighted by atomic mass is 10.2. The molecule has 1 atom stereocenters. The number of rotatable bonds is 3. The summed E-state index contributed by atoms with van der Waals surface area (Å²) in [6.07, 6.45) is 0. The van der Waals surface area contributed by atoms with Crippen LogP contribution in [0.15, 0.2) is 0 Å². The van der Waals surface area contributed by atoms with Crippen LogP contribution < -0.4 is 5.73 Å². The maximum Gasteiger partial charge on any atom is 0.320 e. The molecule has 0 saturated carbocycles. The Hall–Kier alpha value is -1.01. The standard InChI is InChI=1S/C12H24N4O2.ClH/c1-4-14(5-2)12(18)16-8-6-15(7-9-16)11(17)10(3)13;/h10H,4-9,13H2,1-3H3;1H/t10-;/m0./s1. The predicted molar refractivity (Wildman–Crippen MR) is 77.4 cm³/mol. The Labute approximate surface area is 121 Å². The highest BCUT2D eigenvalue weighted by Gasteiger charge is 2.27. The van der Waals surface area contributed by atoms with E-state index in [1.165, 1.54) is 0 Å². The molecule has 0 radical (unpaired) electrons. The van der Waals surface area contributed by atoms with Crippen molar-refractivity contribution < 1.29 is 9.59 Å². The third-order valence-electron chi connectivity index (χ3n) is 3.29. The molecule has 19 heavy (non-hydrogen) atoms. The highest BCUT2D eigenvalue weighted by molar-refractivity contribution is 5.85. The van der Waals surface area contributed by atoms with Gasteiger partial charge in [0.25, 0.3) is 0 Å². The summed E-state index contributed by atoms with van der Waals surface area (Å²) in [7, 11) is 0. The van der Waals surface area contributed by atoms with E-state index in [1.54, 1.807) is 21.6 Å². The van der Waals surface area contributed by atoms with Gasteiger partial charge in [-0.25, -0.2) is 4.79 Å². The average molecular weight is 293 g/mol. The maximum absolute atomic E-state index is 12.1. The Bertz CT molecular complexity index is 300. The summed E-state index contributed by atoms with van der Waals surface area (Å²) in [5.74, 6) is -0.0371. The molecule has 0 unspecified atom stereocenters. The molecule has 0 aromatic rings.